The normalized spacial score (nSPS) is 11.2. The van der Waals surface area contributed by atoms with Crippen molar-refractivity contribution in [3.8, 4) is 0 Å². The average molecular weight is 690 g/mol. The van der Waals surface area contributed by atoms with E-state index in [-0.39, 0.29) is 37.9 Å². The van der Waals surface area contributed by atoms with Crippen LogP contribution in [0.1, 0.15) is 88.8 Å². The summed E-state index contributed by atoms with van der Waals surface area (Å²) in [7, 11) is 0. The Bertz CT molecular complexity index is 1370. The van der Waals surface area contributed by atoms with Crippen LogP contribution in [0.5, 0.6) is 0 Å². The van der Waals surface area contributed by atoms with Crippen molar-refractivity contribution < 1.29 is 33.5 Å². The van der Waals surface area contributed by atoms with Crippen LogP contribution in [-0.2, 0) is 48.6 Å². The highest BCUT2D eigenvalue weighted by Crippen LogP contribution is 2.14. The van der Waals surface area contributed by atoms with Crippen LogP contribution >= 0.6 is 0 Å². The number of nitrogens with zero attached hydrogens (tertiary/aromatic N) is 2. The van der Waals surface area contributed by atoms with E-state index in [4.69, 9.17) is 19.1 Å². The molecule has 3 amide bonds. The number of carbonyl (C=O) groups is 3. The second-order valence-electron chi connectivity index (χ2n) is 13.1. The van der Waals surface area contributed by atoms with Crippen molar-refractivity contribution >= 4 is 17.9 Å². The third-order valence-corrected chi connectivity index (χ3v) is 7.52. The molecule has 0 aliphatic rings. The van der Waals surface area contributed by atoms with Crippen molar-refractivity contribution in [2.75, 3.05) is 26.2 Å². The third kappa shape index (κ3) is 17.9. The van der Waals surface area contributed by atoms with Crippen molar-refractivity contribution in [2.24, 2.45) is 0 Å². The zero-order valence-electron chi connectivity index (χ0n) is 30.0. The molecule has 0 aromatic heterocycles. The van der Waals surface area contributed by atoms with Crippen molar-refractivity contribution in [1.29, 1.82) is 0 Å². The maximum Gasteiger partial charge on any atom is 0.434 e. The van der Waals surface area contributed by atoms with E-state index < -0.39 is 11.7 Å². The number of benzene rings is 3. The molecule has 0 unspecified atom stereocenters. The van der Waals surface area contributed by atoms with E-state index in [1.807, 2.05) is 112 Å². The highest BCUT2D eigenvalue weighted by atomic mass is 16.7. The van der Waals surface area contributed by atoms with Gasteiger partial charge in [0.25, 0.3) is 0 Å². The Morgan fingerprint density at radius 1 is 0.600 bits per heavy atom. The minimum atomic E-state index is -0.639. The molecule has 50 heavy (non-hydrogen) atoms. The Hall–Kier alpha value is -4.25. The van der Waals surface area contributed by atoms with Gasteiger partial charge in [0.05, 0.1) is 13.2 Å². The predicted octanol–water partition coefficient (Wildman–Crippen LogP) is 7.77. The molecule has 0 aliphatic heterocycles. The van der Waals surface area contributed by atoms with Crippen LogP contribution in [0.3, 0.4) is 0 Å². The molecule has 0 spiro atoms. The molecule has 0 saturated carbocycles. The van der Waals surface area contributed by atoms with Gasteiger partial charge in [-0.3, -0.25) is 19.3 Å². The van der Waals surface area contributed by atoms with Crippen LogP contribution < -0.4 is 5.32 Å². The number of unbranched alkanes of at least 4 members (excludes halogenated alkanes) is 4. The molecule has 3 aromatic rings. The maximum atomic E-state index is 13.1. The topological polar surface area (TPSA) is 107 Å². The first kappa shape index (κ1) is 40.2. The molecule has 3 rings (SSSR count). The lowest BCUT2D eigenvalue weighted by atomic mass is 10.2. The molecule has 0 bridgehead atoms. The minimum absolute atomic E-state index is 0.0599. The molecular formula is C40H55N3O7. The first-order valence-electron chi connectivity index (χ1n) is 17.7. The molecule has 0 atom stereocenters. The predicted molar refractivity (Wildman–Crippen MR) is 193 cm³/mol. The minimum Gasteiger partial charge on any atom is -0.442 e. The Kier molecular flexibility index (Phi) is 18.7. The first-order chi connectivity index (χ1) is 24.2. The average Bonchev–Trinajstić information content (AvgIpc) is 3.11. The molecule has 3 aromatic carbocycles. The van der Waals surface area contributed by atoms with Gasteiger partial charge in [-0.05, 0) is 76.0 Å². The first-order valence-corrected chi connectivity index (χ1v) is 17.7. The van der Waals surface area contributed by atoms with Crippen LogP contribution in [0.15, 0.2) is 91.0 Å². The van der Waals surface area contributed by atoms with Crippen molar-refractivity contribution in [2.45, 2.75) is 97.6 Å². The van der Waals surface area contributed by atoms with E-state index >= 15 is 0 Å². The lowest BCUT2D eigenvalue weighted by molar-refractivity contribution is -0.192. The summed E-state index contributed by atoms with van der Waals surface area (Å²) in [5, 5.41) is 5.58. The second kappa shape index (κ2) is 23.2. The van der Waals surface area contributed by atoms with Gasteiger partial charge in [-0.15, -0.1) is 0 Å². The van der Waals surface area contributed by atoms with Crippen molar-refractivity contribution in [3.05, 3.63) is 108 Å². The summed E-state index contributed by atoms with van der Waals surface area (Å²) in [4.78, 5) is 50.1. The summed E-state index contributed by atoms with van der Waals surface area (Å²) in [5.41, 5.74) is 2.43. The summed E-state index contributed by atoms with van der Waals surface area (Å²) in [5.74, 6) is -0.396. The number of amides is 3. The highest BCUT2D eigenvalue weighted by molar-refractivity contribution is 5.83. The SMILES string of the molecule is CC(C)(C)OC(=O)N(CCCCCNC(=O)CCC(=O)N(CCCCCOCc1ccccc1)OCc1ccccc1)OCc1ccccc1. The van der Waals surface area contributed by atoms with Crippen LogP contribution in [0.25, 0.3) is 0 Å². The number of ether oxygens (including phenoxy) is 2. The van der Waals surface area contributed by atoms with Crippen molar-refractivity contribution in [3.63, 3.8) is 0 Å². The Morgan fingerprint density at radius 2 is 1.10 bits per heavy atom. The fraction of sp³-hybridized carbons (Fsp3) is 0.475. The van der Waals surface area contributed by atoms with Crippen molar-refractivity contribution in [1.82, 2.24) is 15.4 Å². The Labute approximate surface area is 297 Å². The summed E-state index contributed by atoms with van der Waals surface area (Å²) in [6, 6.07) is 29.4. The molecule has 0 aliphatic carbocycles. The van der Waals surface area contributed by atoms with Gasteiger partial charge in [-0.25, -0.2) is 9.86 Å². The lowest BCUT2D eigenvalue weighted by Gasteiger charge is -2.26. The van der Waals surface area contributed by atoms with E-state index in [1.165, 1.54) is 10.1 Å². The molecule has 272 valence electrons. The number of nitrogens with one attached hydrogen (secondary N) is 1. The Balaban J connectivity index is 1.34. The second-order valence-corrected chi connectivity index (χ2v) is 13.1. The van der Waals surface area contributed by atoms with Gasteiger partial charge in [0, 0.05) is 32.5 Å². The Morgan fingerprint density at radius 3 is 1.66 bits per heavy atom. The van der Waals surface area contributed by atoms with Gasteiger partial charge in [-0.1, -0.05) is 91.0 Å². The largest absolute Gasteiger partial charge is 0.442 e. The molecule has 10 nitrogen and oxygen atoms in total. The zero-order valence-corrected chi connectivity index (χ0v) is 30.0. The van der Waals surface area contributed by atoms with E-state index in [0.717, 1.165) is 48.8 Å². The number of hydroxylamine groups is 4. The fourth-order valence-electron chi connectivity index (χ4n) is 4.86. The van der Waals surface area contributed by atoms with E-state index in [0.29, 0.717) is 39.3 Å². The van der Waals surface area contributed by atoms with Gasteiger partial charge in [0.1, 0.15) is 18.8 Å². The number of hydrogen-bond acceptors (Lipinski definition) is 7. The summed E-state index contributed by atoms with van der Waals surface area (Å²) >= 11 is 0. The van der Waals surface area contributed by atoms with Crippen LogP contribution in [0.2, 0.25) is 0 Å². The summed E-state index contributed by atoms with van der Waals surface area (Å²) in [6.45, 7) is 8.52. The van der Waals surface area contributed by atoms with Gasteiger partial charge in [-0.2, -0.15) is 5.06 Å². The van der Waals surface area contributed by atoms with E-state index in [2.05, 4.69) is 5.32 Å². The molecule has 0 heterocycles. The number of rotatable bonds is 23. The molecule has 0 saturated heterocycles. The molecular weight excluding hydrogens is 634 g/mol. The van der Waals surface area contributed by atoms with Crippen LogP contribution in [0, 0.1) is 0 Å². The number of hydrogen-bond donors (Lipinski definition) is 1. The maximum absolute atomic E-state index is 13.1. The standard InChI is InChI=1S/C40H55N3O7/c1-40(2,3)50-39(46)43(49-33-36-23-13-6-14-24-36)29-16-7-15-27-41-37(44)25-26-38(45)42(48-32-35-21-11-5-12-22-35)28-17-8-18-30-47-31-34-19-9-4-10-20-34/h4-6,9-14,19-24H,7-8,15-18,25-33H2,1-3H3,(H,41,44). The summed E-state index contributed by atoms with van der Waals surface area (Å²) in [6.07, 6.45) is 4.33. The molecule has 1 N–H and O–H groups in total. The van der Waals surface area contributed by atoms with E-state index in [1.54, 1.807) is 0 Å². The highest BCUT2D eigenvalue weighted by Gasteiger charge is 2.23. The van der Waals surface area contributed by atoms with Gasteiger partial charge < -0.3 is 14.8 Å². The fourth-order valence-corrected chi connectivity index (χ4v) is 4.86. The zero-order chi connectivity index (χ0) is 35.9. The monoisotopic (exact) mass is 689 g/mol. The smallest absolute Gasteiger partial charge is 0.434 e. The summed E-state index contributed by atoms with van der Waals surface area (Å²) < 4.78 is 11.3. The van der Waals surface area contributed by atoms with Gasteiger partial charge >= 0.3 is 6.09 Å². The van der Waals surface area contributed by atoms with Gasteiger partial charge in [0.15, 0.2) is 0 Å². The molecule has 10 heteroatoms. The van der Waals surface area contributed by atoms with Gasteiger partial charge in [0.2, 0.25) is 11.8 Å². The van der Waals surface area contributed by atoms with Crippen LogP contribution in [-0.4, -0.2) is 59.9 Å². The molecule has 0 radical (unpaired) electrons. The van der Waals surface area contributed by atoms with E-state index in [9.17, 15) is 14.4 Å². The lowest BCUT2D eigenvalue weighted by Crippen LogP contribution is -2.37. The quantitative estimate of drug-likeness (QED) is 0.0801. The molecule has 0 fully saturated rings. The third-order valence-electron chi connectivity index (χ3n) is 7.52. The number of carbonyl (C=O) groups excluding carboxylic acids is 3. The van der Waals surface area contributed by atoms with Crippen LogP contribution in [0.4, 0.5) is 4.79 Å².